The molecule has 1 aliphatic heterocycles. The minimum Gasteiger partial charge on any atom is -0.269 e. The van der Waals surface area contributed by atoms with Gasteiger partial charge in [0.25, 0.3) is 10.0 Å². The zero-order valence-corrected chi connectivity index (χ0v) is 17.2. The quantitative estimate of drug-likeness (QED) is 0.431. The van der Waals surface area contributed by atoms with E-state index in [1.165, 1.54) is 29.3 Å². The minimum absolute atomic E-state index is 0.0712. The summed E-state index contributed by atoms with van der Waals surface area (Å²) in [6.45, 7) is 0. The lowest BCUT2D eigenvalue weighted by Gasteiger charge is -2.28. The number of rotatable bonds is 3. The van der Waals surface area contributed by atoms with Crippen LogP contribution < -0.4 is 4.31 Å². The van der Waals surface area contributed by atoms with E-state index in [0.29, 0.717) is 37.9 Å². The molecule has 0 N–H and O–H groups in total. The smallest absolute Gasteiger partial charge is 0.267 e. The van der Waals surface area contributed by atoms with E-state index in [4.69, 9.17) is 23.2 Å². The third kappa shape index (κ3) is 3.29. The molecule has 0 spiro atoms. The van der Waals surface area contributed by atoms with Crippen molar-refractivity contribution in [2.24, 2.45) is 0 Å². The van der Waals surface area contributed by atoms with E-state index in [0.717, 1.165) is 5.56 Å². The Morgan fingerprint density at radius 2 is 1.93 bits per heavy atom. The Kier molecular flexibility index (Phi) is 4.80. The highest BCUT2D eigenvalue weighted by Crippen LogP contribution is 2.42. The number of halogens is 2. The first-order valence-electron chi connectivity index (χ1n) is 7.90. The van der Waals surface area contributed by atoms with Crippen molar-refractivity contribution in [1.29, 1.82) is 0 Å². The third-order valence-electron chi connectivity index (χ3n) is 4.24. The molecule has 0 radical (unpaired) electrons. The average Bonchev–Trinajstić information content (AvgIpc) is 2.65. The Balaban J connectivity index is 1.76. The number of thioether (sulfide) groups is 1. The van der Waals surface area contributed by atoms with Crippen molar-refractivity contribution in [2.75, 3.05) is 11.4 Å². The summed E-state index contributed by atoms with van der Waals surface area (Å²) >= 11 is 13.7. The molecule has 0 unspecified atom stereocenters. The van der Waals surface area contributed by atoms with E-state index in [-0.39, 0.29) is 4.90 Å². The van der Waals surface area contributed by atoms with Gasteiger partial charge in [-0.3, -0.25) is 4.31 Å². The van der Waals surface area contributed by atoms with Crippen LogP contribution in [0.25, 0.3) is 11.3 Å². The number of hydrogen-bond donors (Lipinski definition) is 0. The highest BCUT2D eigenvalue weighted by molar-refractivity contribution is 7.98. The van der Waals surface area contributed by atoms with Gasteiger partial charge in [-0.25, -0.2) is 18.4 Å². The molecule has 0 saturated heterocycles. The van der Waals surface area contributed by atoms with Crippen LogP contribution in [0.4, 0.5) is 5.69 Å². The Hall–Kier alpha value is -1.80. The monoisotopic (exact) mass is 437 g/mol. The summed E-state index contributed by atoms with van der Waals surface area (Å²) < 4.78 is 26.8. The summed E-state index contributed by atoms with van der Waals surface area (Å²) in [5.74, 6) is 0.577. The molecule has 1 aromatic heterocycles. The van der Waals surface area contributed by atoms with Crippen LogP contribution >= 0.6 is 35.0 Å². The SMILES string of the molecule is CN1c2ccc(Cl)cc2-c2nc(SCc3ccccc3Cl)ncc2S1(=O)=O. The topological polar surface area (TPSA) is 63.2 Å². The van der Waals surface area contributed by atoms with Crippen molar-refractivity contribution < 1.29 is 8.42 Å². The standard InChI is InChI=1S/C18H13Cl2N3O2S2/c1-23-15-7-6-12(19)8-13(15)17-16(27(23,24)25)9-21-18(22-17)26-10-11-4-2-3-5-14(11)20/h2-9H,10H2,1H3. The van der Waals surface area contributed by atoms with Gasteiger partial charge < -0.3 is 0 Å². The highest BCUT2D eigenvalue weighted by Gasteiger charge is 2.34. The molecular formula is C18H13Cl2N3O2S2. The molecule has 0 fully saturated rings. The lowest BCUT2D eigenvalue weighted by Crippen LogP contribution is -2.31. The number of aromatic nitrogens is 2. The van der Waals surface area contributed by atoms with Crippen molar-refractivity contribution >= 4 is 50.7 Å². The average molecular weight is 438 g/mol. The van der Waals surface area contributed by atoms with Crippen molar-refractivity contribution in [2.45, 2.75) is 15.8 Å². The second-order valence-electron chi connectivity index (χ2n) is 5.88. The van der Waals surface area contributed by atoms with Crippen LogP contribution in [0, 0.1) is 0 Å². The Labute approximate surface area is 171 Å². The van der Waals surface area contributed by atoms with Gasteiger partial charge in [0.15, 0.2) is 5.16 Å². The molecule has 0 aliphatic carbocycles. The zero-order chi connectivity index (χ0) is 19.2. The summed E-state index contributed by atoms with van der Waals surface area (Å²) in [6, 6.07) is 12.6. The van der Waals surface area contributed by atoms with E-state index >= 15 is 0 Å². The largest absolute Gasteiger partial charge is 0.269 e. The first-order valence-corrected chi connectivity index (χ1v) is 11.1. The summed E-state index contributed by atoms with van der Waals surface area (Å²) in [4.78, 5) is 8.82. The number of fused-ring (bicyclic) bond motifs is 3. The van der Waals surface area contributed by atoms with Gasteiger partial charge in [0.2, 0.25) is 0 Å². The maximum atomic E-state index is 12.8. The van der Waals surface area contributed by atoms with Gasteiger partial charge in [-0.05, 0) is 29.8 Å². The van der Waals surface area contributed by atoms with Crippen LogP contribution in [-0.2, 0) is 15.8 Å². The fourth-order valence-electron chi connectivity index (χ4n) is 2.81. The Morgan fingerprint density at radius 3 is 2.70 bits per heavy atom. The molecular weight excluding hydrogens is 425 g/mol. The fraction of sp³-hybridized carbons (Fsp3) is 0.111. The van der Waals surface area contributed by atoms with E-state index in [2.05, 4.69) is 9.97 Å². The highest BCUT2D eigenvalue weighted by atomic mass is 35.5. The predicted molar refractivity (Wildman–Crippen MR) is 109 cm³/mol. The summed E-state index contributed by atoms with van der Waals surface area (Å²) in [5, 5.41) is 1.65. The van der Waals surface area contributed by atoms with Crippen molar-refractivity contribution in [3.05, 3.63) is 64.3 Å². The zero-order valence-electron chi connectivity index (χ0n) is 14.1. The number of sulfonamides is 1. The van der Waals surface area contributed by atoms with Crippen LogP contribution in [0.1, 0.15) is 5.56 Å². The van der Waals surface area contributed by atoms with Crippen molar-refractivity contribution in [1.82, 2.24) is 9.97 Å². The first kappa shape index (κ1) is 18.6. The van der Waals surface area contributed by atoms with Crippen LogP contribution in [0.5, 0.6) is 0 Å². The normalized spacial score (nSPS) is 14.6. The van der Waals surface area contributed by atoms with Gasteiger partial charge in [-0.2, -0.15) is 0 Å². The summed E-state index contributed by atoms with van der Waals surface area (Å²) in [6.07, 6.45) is 1.35. The molecule has 4 rings (SSSR count). The van der Waals surface area contributed by atoms with Crippen LogP contribution in [0.15, 0.2) is 58.7 Å². The number of benzene rings is 2. The van der Waals surface area contributed by atoms with E-state index in [9.17, 15) is 8.42 Å². The molecule has 0 amide bonds. The van der Waals surface area contributed by atoms with Gasteiger partial charge in [0, 0.05) is 28.4 Å². The predicted octanol–water partition coefficient (Wildman–Crippen LogP) is 4.88. The van der Waals surface area contributed by atoms with Gasteiger partial charge in [-0.15, -0.1) is 0 Å². The van der Waals surface area contributed by atoms with E-state index < -0.39 is 10.0 Å². The van der Waals surface area contributed by atoms with Crippen LogP contribution in [0.2, 0.25) is 10.0 Å². The third-order valence-corrected chi connectivity index (χ3v) is 7.53. The second kappa shape index (κ2) is 6.98. The van der Waals surface area contributed by atoms with Crippen molar-refractivity contribution in [3.8, 4) is 11.3 Å². The molecule has 138 valence electrons. The minimum atomic E-state index is -3.70. The van der Waals surface area contributed by atoms with Gasteiger partial charge >= 0.3 is 0 Å². The van der Waals surface area contributed by atoms with Crippen LogP contribution in [-0.4, -0.2) is 25.4 Å². The van der Waals surface area contributed by atoms with Gasteiger partial charge in [0.05, 0.1) is 17.6 Å². The van der Waals surface area contributed by atoms with Gasteiger partial charge in [0.1, 0.15) is 4.90 Å². The molecule has 0 saturated carbocycles. The molecule has 0 atom stereocenters. The molecule has 2 heterocycles. The molecule has 5 nitrogen and oxygen atoms in total. The molecule has 0 bridgehead atoms. The maximum Gasteiger partial charge on any atom is 0.267 e. The lowest BCUT2D eigenvalue weighted by molar-refractivity contribution is 0.592. The molecule has 9 heteroatoms. The van der Waals surface area contributed by atoms with E-state index in [1.54, 1.807) is 18.2 Å². The molecule has 2 aromatic carbocycles. The summed E-state index contributed by atoms with van der Waals surface area (Å²) in [7, 11) is -2.20. The Morgan fingerprint density at radius 1 is 1.15 bits per heavy atom. The number of hydrogen-bond acceptors (Lipinski definition) is 5. The number of anilines is 1. The van der Waals surface area contributed by atoms with Crippen LogP contribution in [0.3, 0.4) is 0 Å². The fourth-order valence-corrected chi connectivity index (χ4v) is 5.39. The first-order chi connectivity index (χ1) is 12.9. The molecule has 1 aliphatic rings. The summed E-state index contributed by atoms with van der Waals surface area (Å²) in [5.41, 5.74) is 2.52. The molecule has 3 aromatic rings. The number of nitrogens with zero attached hydrogens (tertiary/aromatic N) is 3. The second-order valence-corrected chi connectivity index (χ2v) is 9.60. The van der Waals surface area contributed by atoms with Crippen molar-refractivity contribution in [3.63, 3.8) is 0 Å². The maximum absolute atomic E-state index is 12.8. The van der Waals surface area contributed by atoms with Gasteiger partial charge in [-0.1, -0.05) is 53.2 Å². The van der Waals surface area contributed by atoms with E-state index in [1.807, 2.05) is 24.3 Å². The molecule has 27 heavy (non-hydrogen) atoms. The Bertz CT molecular complexity index is 1150. The lowest BCUT2D eigenvalue weighted by atomic mass is 10.1.